The lowest BCUT2D eigenvalue weighted by molar-refractivity contribution is -0.128. The van der Waals surface area contributed by atoms with Gasteiger partial charge in [0.25, 0.3) is 11.5 Å². The van der Waals surface area contributed by atoms with E-state index < -0.39 is 5.91 Å². The van der Waals surface area contributed by atoms with Gasteiger partial charge in [-0.3, -0.25) is 14.4 Å². The van der Waals surface area contributed by atoms with Crippen LogP contribution in [0.1, 0.15) is 35.1 Å². The van der Waals surface area contributed by atoms with Crippen molar-refractivity contribution in [3.8, 4) is 0 Å². The maximum atomic E-state index is 12.0. The van der Waals surface area contributed by atoms with E-state index in [4.69, 9.17) is 0 Å². The van der Waals surface area contributed by atoms with Crippen molar-refractivity contribution in [1.82, 2.24) is 20.2 Å². The Bertz CT molecular complexity index is 652. The average Bonchev–Trinajstić information content (AvgIpc) is 3.18. The van der Waals surface area contributed by atoms with E-state index in [9.17, 15) is 14.4 Å². The van der Waals surface area contributed by atoms with Gasteiger partial charge in [0.15, 0.2) is 0 Å². The summed E-state index contributed by atoms with van der Waals surface area (Å²) in [5, 5.41) is 2.52. The molecule has 21 heavy (non-hydrogen) atoms. The molecule has 2 heterocycles. The fourth-order valence-corrected chi connectivity index (χ4v) is 2.18. The van der Waals surface area contributed by atoms with E-state index in [0.29, 0.717) is 18.9 Å². The maximum Gasteiger partial charge on any atom is 0.270 e. The summed E-state index contributed by atoms with van der Waals surface area (Å²) in [7, 11) is 0. The van der Waals surface area contributed by atoms with Gasteiger partial charge in [0.2, 0.25) is 5.91 Å². The molecule has 1 saturated carbocycles. The van der Waals surface area contributed by atoms with Crippen LogP contribution in [0.2, 0.25) is 0 Å². The molecule has 0 aromatic carbocycles. The second-order valence-corrected chi connectivity index (χ2v) is 5.24. The molecule has 7 heteroatoms. The number of carbonyl (C=O) groups excluding carboxylic acids is 2. The normalized spacial score (nSPS) is 17.0. The summed E-state index contributed by atoms with van der Waals surface area (Å²) in [6.45, 7) is 1.06. The molecule has 0 radical (unpaired) electrons. The quantitative estimate of drug-likeness (QED) is 0.748. The van der Waals surface area contributed by atoms with Gasteiger partial charge in [0, 0.05) is 25.1 Å². The smallest absolute Gasteiger partial charge is 0.270 e. The Labute approximate surface area is 121 Å². The Balaban J connectivity index is 1.62. The molecule has 0 atom stereocenters. The predicted octanol–water partition coefficient (Wildman–Crippen LogP) is -0.225. The highest BCUT2D eigenvalue weighted by molar-refractivity contribution is 5.94. The molecule has 2 N–H and O–H groups in total. The second-order valence-electron chi connectivity index (χ2n) is 5.24. The highest BCUT2D eigenvalue weighted by atomic mass is 16.2. The lowest BCUT2D eigenvalue weighted by Crippen LogP contribution is -2.39. The zero-order chi connectivity index (χ0) is 14.8. The molecule has 110 valence electrons. The number of rotatable bonds is 4. The Morgan fingerprint density at radius 2 is 2.05 bits per heavy atom. The molecule has 2 aliphatic rings. The van der Waals surface area contributed by atoms with Crippen molar-refractivity contribution in [2.75, 3.05) is 19.6 Å². The van der Waals surface area contributed by atoms with Gasteiger partial charge >= 0.3 is 0 Å². The van der Waals surface area contributed by atoms with Crippen LogP contribution in [0.5, 0.6) is 0 Å². The molecule has 1 aliphatic heterocycles. The van der Waals surface area contributed by atoms with Crippen molar-refractivity contribution in [3.63, 3.8) is 0 Å². The fraction of sp³-hybridized carbons (Fsp3) is 0.429. The highest BCUT2D eigenvalue weighted by Crippen LogP contribution is 2.37. The highest BCUT2D eigenvalue weighted by Gasteiger charge is 2.27. The van der Waals surface area contributed by atoms with Gasteiger partial charge in [-0.1, -0.05) is 12.2 Å². The number of aromatic nitrogens is 2. The number of amides is 2. The van der Waals surface area contributed by atoms with E-state index in [1.165, 1.54) is 0 Å². The average molecular weight is 288 g/mol. The number of nitrogens with one attached hydrogen (secondary N) is 2. The van der Waals surface area contributed by atoms with Crippen LogP contribution in [-0.4, -0.2) is 46.3 Å². The number of aromatic amines is 1. The first kappa shape index (κ1) is 13.5. The van der Waals surface area contributed by atoms with E-state index in [2.05, 4.69) is 15.3 Å². The minimum atomic E-state index is -0.497. The summed E-state index contributed by atoms with van der Waals surface area (Å²) in [4.78, 5) is 43.8. The monoisotopic (exact) mass is 288 g/mol. The maximum absolute atomic E-state index is 12.0. The fourth-order valence-electron chi connectivity index (χ4n) is 2.18. The van der Waals surface area contributed by atoms with Gasteiger partial charge < -0.3 is 15.2 Å². The van der Waals surface area contributed by atoms with E-state index in [0.717, 1.165) is 18.9 Å². The first-order chi connectivity index (χ1) is 10.1. The molecule has 0 unspecified atom stereocenters. The zero-order valence-electron chi connectivity index (χ0n) is 11.5. The number of hydrogen-bond acceptors (Lipinski definition) is 4. The number of carbonyl (C=O) groups is 2. The molecular weight excluding hydrogens is 272 g/mol. The van der Waals surface area contributed by atoms with Crippen molar-refractivity contribution in [2.45, 2.75) is 18.8 Å². The molecule has 2 amide bonds. The summed E-state index contributed by atoms with van der Waals surface area (Å²) in [5.41, 5.74) is -0.278. The standard InChI is InChI=1S/C14H16N4O3/c19-11-7-10(16-13(17-11)9-3-4-9)14(21)15-8-12(20)18-5-1-2-6-18/h1-2,7,9H,3-6,8H2,(H,15,21)(H,16,17,19). The number of hydrogen-bond donors (Lipinski definition) is 2. The van der Waals surface area contributed by atoms with Gasteiger partial charge in [0.1, 0.15) is 11.5 Å². The Kier molecular flexibility index (Phi) is 3.55. The molecule has 0 saturated heterocycles. The number of H-pyrrole nitrogens is 1. The third kappa shape index (κ3) is 3.18. The van der Waals surface area contributed by atoms with Gasteiger partial charge in [-0.05, 0) is 12.8 Å². The van der Waals surface area contributed by atoms with Crippen LogP contribution in [0.25, 0.3) is 0 Å². The number of nitrogens with zero attached hydrogens (tertiary/aromatic N) is 2. The van der Waals surface area contributed by atoms with Crippen molar-refractivity contribution in [3.05, 3.63) is 40.1 Å². The molecule has 1 aliphatic carbocycles. The molecule has 1 fully saturated rings. The molecule has 7 nitrogen and oxygen atoms in total. The van der Waals surface area contributed by atoms with Gasteiger partial charge in [-0.25, -0.2) is 4.98 Å². The van der Waals surface area contributed by atoms with Crippen molar-refractivity contribution < 1.29 is 9.59 Å². The molecule has 0 spiro atoms. The van der Waals surface area contributed by atoms with Crippen molar-refractivity contribution in [2.24, 2.45) is 0 Å². The SMILES string of the molecule is O=C(NCC(=O)N1CC=CC1)c1cc(=O)[nH]c(C2CC2)n1. The van der Waals surface area contributed by atoms with Crippen LogP contribution in [0.4, 0.5) is 0 Å². The van der Waals surface area contributed by atoms with Crippen LogP contribution < -0.4 is 10.9 Å². The first-order valence-electron chi connectivity index (χ1n) is 6.96. The van der Waals surface area contributed by atoms with Crippen molar-refractivity contribution >= 4 is 11.8 Å². The van der Waals surface area contributed by atoms with E-state index in [1.54, 1.807) is 4.90 Å². The van der Waals surface area contributed by atoms with Gasteiger partial charge in [-0.15, -0.1) is 0 Å². The van der Waals surface area contributed by atoms with Crippen molar-refractivity contribution in [1.29, 1.82) is 0 Å². The molecular formula is C14H16N4O3. The van der Waals surface area contributed by atoms with Gasteiger partial charge in [-0.2, -0.15) is 0 Å². The minimum Gasteiger partial charge on any atom is -0.342 e. The van der Waals surface area contributed by atoms with Crippen LogP contribution in [0.15, 0.2) is 23.0 Å². The van der Waals surface area contributed by atoms with E-state index >= 15 is 0 Å². The van der Waals surface area contributed by atoms with Crippen LogP contribution in [-0.2, 0) is 4.79 Å². The summed E-state index contributed by atoms with van der Waals surface area (Å²) >= 11 is 0. The molecule has 1 aromatic heterocycles. The summed E-state index contributed by atoms with van der Waals surface area (Å²) in [5.74, 6) is 0.162. The summed E-state index contributed by atoms with van der Waals surface area (Å²) in [6.07, 6.45) is 5.77. The van der Waals surface area contributed by atoms with E-state index in [-0.39, 0.29) is 29.6 Å². The molecule has 0 bridgehead atoms. The minimum absolute atomic E-state index is 0.0630. The zero-order valence-corrected chi connectivity index (χ0v) is 11.5. The predicted molar refractivity (Wildman–Crippen MR) is 74.9 cm³/mol. The summed E-state index contributed by atoms with van der Waals surface area (Å²) < 4.78 is 0. The Hall–Kier alpha value is -2.44. The van der Waals surface area contributed by atoms with Crippen LogP contribution in [0.3, 0.4) is 0 Å². The second kappa shape index (κ2) is 5.51. The third-order valence-electron chi connectivity index (χ3n) is 3.53. The van der Waals surface area contributed by atoms with Gasteiger partial charge in [0.05, 0.1) is 6.54 Å². The Morgan fingerprint density at radius 1 is 1.33 bits per heavy atom. The third-order valence-corrected chi connectivity index (χ3v) is 3.53. The van der Waals surface area contributed by atoms with Crippen LogP contribution in [0, 0.1) is 0 Å². The Morgan fingerprint density at radius 3 is 2.71 bits per heavy atom. The molecule has 1 aromatic rings. The summed E-state index contributed by atoms with van der Waals surface area (Å²) in [6, 6.07) is 1.16. The lowest BCUT2D eigenvalue weighted by atomic mass is 10.3. The first-order valence-corrected chi connectivity index (χ1v) is 6.96. The van der Waals surface area contributed by atoms with Crippen LogP contribution >= 0.6 is 0 Å². The topological polar surface area (TPSA) is 95.2 Å². The lowest BCUT2D eigenvalue weighted by Gasteiger charge is -2.15. The largest absolute Gasteiger partial charge is 0.342 e. The van der Waals surface area contributed by atoms with E-state index in [1.807, 2.05) is 12.2 Å². The molecule has 3 rings (SSSR count).